The first kappa shape index (κ1) is 19.7. The van der Waals surface area contributed by atoms with Crippen molar-refractivity contribution >= 4 is 29.2 Å². The molecule has 0 unspecified atom stereocenters. The van der Waals surface area contributed by atoms with E-state index in [1.54, 1.807) is 19.2 Å². The number of hydrogen-bond acceptors (Lipinski definition) is 3. The SMILES string of the molecule is CN=C(NCCc1cc(F)cc2c1OCOC2)NCc1ccc(Cl)cc1Cl. The lowest BCUT2D eigenvalue weighted by atomic mass is 10.1. The lowest BCUT2D eigenvalue weighted by Crippen LogP contribution is -2.38. The van der Waals surface area contributed by atoms with Gasteiger partial charge in [0.1, 0.15) is 11.6 Å². The number of rotatable bonds is 5. The van der Waals surface area contributed by atoms with E-state index in [1.807, 2.05) is 6.07 Å². The lowest BCUT2D eigenvalue weighted by Gasteiger charge is -2.21. The van der Waals surface area contributed by atoms with Crippen molar-refractivity contribution in [3.05, 3.63) is 62.9 Å². The number of aliphatic imine (C=N–C) groups is 1. The summed E-state index contributed by atoms with van der Waals surface area (Å²) in [7, 11) is 1.68. The van der Waals surface area contributed by atoms with Crippen molar-refractivity contribution in [2.24, 2.45) is 4.99 Å². The third-order valence-electron chi connectivity index (χ3n) is 4.12. The molecule has 0 radical (unpaired) electrons. The number of benzene rings is 2. The summed E-state index contributed by atoms with van der Waals surface area (Å²) in [4.78, 5) is 4.19. The summed E-state index contributed by atoms with van der Waals surface area (Å²) in [6.45, 7) is 1.61. The first-order chi connectivity index (χ1) is 13.1. The fourth-order valence-corrected chi connectivity index (χ4v) is 3.30. The standard InChI is InChI=1S/C19H20Cl2FN3O2/c1-23-19(25-9-13-2-3-15(20)8-17(13)21)24-5-4-12-6-16(22)7-14-10-26-11-27-18(12)14/h2-3,6-8H,4-5,9-11H2,1H3,(H2,23,24,25). The lowest BCUT2D eigenvalue weighted by molar-refractivity contribution is -0.0172. The maximum atomic E-state index is 13.8. The Balaban J connectivity index is 1.55. The van der Waals surface area contributed by atoms with Gasteiger partial charge in [0.2, 0.25) is 0 Å². The van der Waals surface area contributed by atoms with Crippen molar-refractivity contribution in [3.8, 4) is 5.75 Å². The summed E-state index contributed by atoms with van der Waals surface area (Å²) in [6, 6.07) is 8.30. The maximum absolute atomic E-state index is 13.8. The molecule has 27 heavy (non-hydrogen) atoms. The summed E-state index contributed by atoms with van der Waals surface area (Å²) in [5.41, 5.74) is 2.45. The highest BCUT2D eigenvalue weighted by Gasteiger charge is 2.16. The molecular formula is C19H20Cl2FN3O2. The summed E-state index contributed by atoms with van der Waals surface area (Å²) < 4.78 is 24.5. The average molecular weight is 412 g/mol. The van der Waals surface area contributed by atoms with Gasteiger partial charge in [0, 0.05) is 35.7 Å². The van der Waals surface area contributed by atoms with Gasteiger partial charge in [-0.3, -0.25) is 4.99 Å². The number of guanidine groups is 1. The molecule has 0 spiro atoms. The van der Waals surface area contributed by atoms with E-state index >= 15 is 0 Å². The topological polar surface area (TPSA) is 54.9 Å². The Labute approximate surface area is 167 Å². The number of nitrogens with zero attached hydrogens (tertiary/aromatic N) is 1. The van der Waals surface area contributed by atoms with Gasteiger partial charge < -0.3 is 20.1 Å². The smallest absolute Gasteiger partial charge is 0.191 e. The molecule has 1 aliphatic heterocycles. The molecule has 0 saturated carbocycles. The zero-order valence-corrected chi connectivity index (χ0v) is 16.3. The van der Waals surface area contributed by atoms with Crippen LogP contribution in [0.2, 0.25) is 10.0 Å². The number of ether oxygens (including phenoxy) is 2. The fraction of sp³-hybridized carbons (Fsp3) is 0.316. The molecule has 2 aromatic rings. The highest BCUT2D eigenvalue weighted by atomic mass is 35.5. The normalized spacial score (nSPS) is 13.7. The van der Waals surface area contributed by atoms with Crippen molar-refractivity contribution < 1.29 is 13.9 Å². The van der Waals surface area contributed by atoms with E-state index in [1.165, 1.54) is 12.1 Å². The fourth-order valence-electron chi connectivity index (χ4n) is 2.82. The second-order valence-electron chi connectivity index (χ2n) is 6.00. The summed E-state index contributed by atoms with van der Waals surface area (Å²) in [6.07, 6.45) is 0.586. The molecule has 0 atom stereocenters. The van der Waals surface area contributed by atoms with Crippen LogP contribution in [0, 0.1) is 5.82 Å². The zero-order chi connectivity index (χ0) is 19.2. The van der Waals surface area contributed by atoms with Gasteiger partial charge in [-0.05, 0) is 41.8 Å². The minimum absolute atomic E-state index is 0.185. The largest absolute Gasteiger partial charge is 0.467 e. The van der Waals surface area contributed by atoms with Crippen LogP contribution in [-0.2, 0) is 24.3 Å². The van der Waals surface area contributed by atoms with Gasteiger partial charge in [-0.25, -0.2) is 4.39 Å². The van der Waals surface area contributed by atoms with Crippen LogP contribution >= 0.6 is 23.2 Å². The number of fused-ring (bicyclic) bond motifs is 1. The van der Waals surface area contributed by atoms with Crippen molar-refractivity contribution in [3.63, 3.8) is 0 Å². The van der Waals surface area contributed by atoms with E-state index < -0.39 is 0 Å². The van der Waals surface area contributed by atoms with Gasteiger partial charge in [0.25, 0.3) is 0 Å². The van der Waals surface area contributed by atoms with Crippen molar-refractivity contribution in [1.82, 2.24) is 10.6 Å². The quantitative estimate of drug-likeness (QED) is 0.578. The third-order valence-corrected chi connectivity index (χ3v) is 4.71. The summed E-state index contributed by atoms with van der Waals surface area (Å²) >= 11 is 12.1. The van der Waals surface area contributed by atoms with E-state index in [4.69, 9.17) is 32.7 Å². The molecule has 2 aromatic carbocycles. The van der Waals surface area contributed by atoms with Crippen molar-refractivity contribution in [2.75, 3.05) is 20.4 Å². The first-order valence-electron chi connectivity index (χ1n) is 8.47. The van der Waals surface area contributed by atoms with Gasteiger partial charge in [-0.2, -0.15) is 0 Å². The molecule has 144 valence electrons. The molecule has 0 fully saturated rings. The molecule has 0 aliphatic carbocycles. The van der Waals surface area contributed by atoms with E-state index in [9.17, 15) is 4.39 Å². The van der Waals surface area contributed by atoms with Crippen LogP contribution < -0.4 is 15.4 Å². The van der Waals surface area contributed by atoms with E-state index in [-0.39, 0.29) is 12.6 Å². The van der Waals surface area contributed by atoms with Crippen molar-refractivity contribution in [2.45, 2.75) is 19.6 Å². The monoisotopic (exact) mass is 411 g/mol. The Hall–Kier alpha value is -2.02. The highest BCUT2D eigenvalue weighted by molar-refractivity contribution is 6.35. The van der Waals surface area contributed by atoms with Crippen LogP contribution in [0.4, 0.5) is 4.39 Å². The number of nitrogens with one attached hydrogen (secondary N) is 2. The van der Waals surface area contributed by atoms with Gasteiger partial charge in [0.15, 0.2) is 12.8 Å². The zero-order valence-electron chi connectivity index (χ0n) is 14.8. The molecule has 0 saturated heterocycles. The number of hydrogen-bond donors (Lipinski definition) is 2. The Morgan fingerprint density at radius 1 is 1.19 bits per heavy atom. The second-order valence-corrected chi connectivity index (χ2v) is 6.85. The summed E-state index contributed by atoms with van der Waals surface area (Å²) in [5, 5.41) is 7.59. The molecule has 0 aromatic heterocycles. The molecule has 1 aliphatic rings. The van der Waals surface area contributed by atoms with Crippen LogP contribution in [0.3, 0.4) is 0 Å². The van der Waals surface area contributed by atoms with Gasteiger partial charge >= 0.3 is 0 Å². The predicted octanol–water partition coefficient (Wildman–Crippen LogP) is 3.91. The van der Waals surface area contributed by atoms with Gasteiger partial charge in [0.05, 0.1) is 6.61 Å². The van der Waals surface area contributed by atoms with Gasteiger partial charge in [-0.1, -0.05) is 29.3 Å². The molecule has 8 heteroatoms. The Bertz CT molecular complexity index is 846. The highest BCUT2D eigenvalue weighted by Crippen LogP contribution is 2.29. The minimum atomic E-state index is -0.294. The molecular weight excluding hydrogens is 392 g/mol. The minimum Gasteiger partial charge on any atom is -0.467 e. The van der Waals surface area contributed by atoms with E-state index in [0.29, 0.717) is 47.9 Å². The predicted molar refractivity (Wildman–Crippen MR) is 105 cm³/mol. The Morgan fingerprint density at radius 3 is 2.81 bits per heavy atom. The summed E-state index contributed by atoms with van der Waals surface area (Å²) in [5.74, 6) is 1.04. The molecule has 2 N–H and O–H groups in total. The van der Waals surface area contributed by atoms with Crippen LogP contribution in [0.15, 0.2) is 35.3 Å². The first-order valence-corrected chi connectivity index (χ1v) is 9.22. The molecule has 1 heterocycles. The van der Waals surface area contributed by atoms with Crippen LogP contribution in [0.5, 0.6) is 5.75 Å². The van der Waals surface area contributed by atoms with Crippen molar-refractivity contribution in [1.29, 1.82) is 0 Å². The van der Waals surface area contributed by atoms with Crippen LogP contribution in [0.25, 0.3) is 0 Å². The average Bonchev–Trinajstić information content (AvgIpc) is 2.65. The Kier molecular flexibility index (Phi) is 6.77. The van der Waals surface area contributed by atoms with E-state index in [0.717, 1.165) is 16.7 Å². The maximum Gasteiger partial charge on any atom is 0.191 e. The second kappa shape index (κ2) is 9.26. The third kappa shape index (κ3) is 5.25. The Morgan fingerprint density at radius 2 is 2.04 bits per heavy atom. The van der Waals surface area contributed by atoms with Crippen LogP contribution in [-0.4, -0.2) is 26.3 Å². The molecule has 0 bridgehead atoms. The molecule has 3 rings (SSSR count). The number of halogens is 3. The van der Waals surface area contributed by atoms with Gasteiger partial charge in [-0.15, -0.1) is 0 Å². The molecule has 0 amide bonds. The molecule has 5 nitrogen and oxygen atoms in total. The van der Waals surface area contributed by atoms with Crippen LogP contribution in [0.1, 0.15) is 16.7 Å². The van der Waals surface area contributed by atoms with E-state index in [2.05, 4.69) is 15.6 Å².